The molecular formula is C12H18N2O2S. The maximum absolute atomic E-state index is 11.4. The highest BCUT2D eigenvalue weighted by Gasteiger charge is 2.06. The average Bonchev–Trinajstić information content (AvgIpc) is 2.22. The lowest BCUT2D eigenvalue weighted by Gasteiger charge is -2.08. The number of amides is 1. The Bertz CT molecular complexity index is 394. The lowest BCUT2D eigenvalue weighted by Crippen LogP contribution is -2.31. The predicted octanol–water partition coefficient (Wildman–Crippen LogP) is 1.73. The summed E-state index contributed by atoms with van der Waals surface area (Å²) in [5.74, 6) is 1.18. The molecule has 0 bridgehead atoms. The van der Waals surface area contributed by atoms with Gasteiger partial charge in [0.05, 0.1) is 5.75 Å². The first-order valence-electron chi connectivity index (χ1n) is 5.43. The number of phenols is 1. The van der Waals surface area contributed by atoms with Gasteiger partial charge in [-0.25, -0.2) is 0 Å². The summed E-state index contributed by atoms with van der Waals surface area (Å²) in [6.07, 6.45) is 0. The molecular weight excluding hydrogens is 236 g/mol. The molecule has 0 unspecified atom stereocenters. The van der Waals surface area contributed by atoms with E-state index in [1.54, 1.807) is 18.2 Å². The number of hydrogen-bond donors (Lipinski definition) is 3. The maximum Gasteiger partial charge on any atom is 0.230 e. The zero-order chi connectivity index (χ0) is 12.8. The van der Waals surface area contributed by atoms with Gasteiger partial charge in [-0.15, -0.1) is 11.8 Å². The van der Waals surface area contributed by atoms with E-state index in [0.717, 1.165) is 5.56 Å². The van der Waals surface area contributed by atoms with Gasteiger partial charge in [0.15, 0.2) is 0 Å². The number of benzene rings is 1. The smallest absolute Gasteiger partial charge is 0.230 e. The van der Waals surface area contributed by atoms with E-state index in [2.05, 4.69) is 5.32 Å². The van der Waals surface area contributed by atoms with E-state index >= 15 is 0 Å². The largest absolute Gasteiger partial charge is 0.508 e. The van der Waals surface area contributed by atoms with Gasteiger partial charge in [0.2, 0.25) is 5.91 Å². The molecule has 17 heavy (non-hydrogen) atoms. The number of rotatable bonds is 5. The lowest BCUT2D eigenvalue weighted by molar-refractivity contribution is -0.119. The van der Waals surface area contributed by atoms with Crippen molar-refractivity contribution in [2.75, 3.05) is 11.5 Å². The quantitative estimate of drug-likeness (QED) is 0.552. The van der Waals surface area contributed by atoms with Crippen LogP contribution in [0.15, 0.2) is 18.2 Å². The van der Waals surface area contributed by atoms with Crippen LogP contribution < -0.4 is 11.1 Å². The zero-order valence-electron chi connectivity index (χ0n) is 10.1. The van der Waals surface area contributed by atoms with Crippen molar-refractivity contribution in [2.24, 2.45) is 0 Å². The van der Waals surface area contributed by atoms with Gasteiger partial charge in [0.1, 0.15) is 5.75 Å². The van der Waals surface area contributed by atoms with Crippen LogP contribution in [0, 0.1) is 0 Å². The third kappa shape index (κ3) is 4.99. The SMILES string of the molecule is CC(C)NC(=O)CSCc1cc(N)ccc1O. The van der Waals surface area contributed by atoms with Gasteiger partial charge < -0.3 is 16.2 Å². The minimum atomic E-state index is 0.00777. The Kier molecular flexibility index (Phi) is 5.15. The lowest BCUT2D eigenvalue weighted by atomic mass is 10.2. The van der Waals surface area contributed by atoms with Gasteiger partial charge in [-0.2, -0.15) is 0 Å². The number of nitrogen functional groups attached to an aromatic ring is 1. The summed E-state index contributed by atoms with van der Waals surface area (Å²) in [5, 5.41) is 12.4. The van der Waals surface area contributed by atoms with Crippen molar-refractivity contribution in [2.45, 2.75) is 25.6 Å². The molecule has 94 valence electrons. The van der Waals surface area contributed by atoms with Crippen LogP contribution in [0.1, 0.15) is 19.4 Å². The van der Waals surface area contributed by atoms with E-state index in [9.17, 15) is 9.90 Å². The molecule has 4 nitrogen and oxygen atoms in total. The van der Waals surface area contributed by atoms with Crippen molar-refractivity contribution in [1.29, 1.82) is 0 Å². The molecule has 0 saturated carbocycles. The van der Waals surface area contributed by atoms with Crippen molar-refractivity contribution < 1.29 is 9.90 Å². The molecule has 1 amide bonds. The summed E-state index contributed by atoms with van der Waals surface area (Å²) < 4.78 is 0. The van der Waals surface area contributed by atoms with Gasteiger partial charge in [-0.3, -0.25) is 4.79 Å². The van der Waals surface area contributed by atoms with Crippen LogP contribution in [0.2, 0.25) is 0 Å². The maximum atomic E-state index is 11.4. The van der Waals surface area contributed by atoms with Crippen LogP contribution in [0.4, 0.5) is 5.69 Å². The summed E-state index contributed by atoms with van der Waals surface area (Å²) >= 11 is 1.45. The molecule has 0 spiro atoms. The molecule has 5 heteroatoms. The summed E-state index contributed by atoms with van der Waals surface area (Å²) in [7, 11) is 0. The molecule has 0 aromatic heterocycles. The van der Waals surface area contributed by atoms with Crippen molar-refractivity contribution in [3.63, 3.8) is 0 Å². The molecule has 4 N–H and O–H groups in total. The highest BCUT2D eigenvalue weighted by Crippen LogP contribution is 2.24. The number of carbonyl (C=O) groups is 1. The Hall–Kier alpha value is -1.36. The fraction of sp³-hybridized carbons (Fsp3) is 0.417. The van der Waals surface area contributed by atoms with Crippen molar-refractivity contribution in [3.8, 4) is 5.75 Å². The molecule has 0 aliphatic carbocycles. The summed E-state index contributed by atoms with van der Waals surface area (Å²) in [6.45, 7) is 3.85. The zero-order valence-corrected chi connectivity index (χ0v) is 10.9. The fourth-order valence-electron chi connectivity index (χ4n) is 1.34. The highest BCUT2D eigenvalue weighted by molar-refractivity contribution is 7.99. The standard InChI is InChI=1S/C12H18N2O2S/c1-8(2)14-12(16)7-17-6-9-5-10(13)3-4-11(9)15/h3-5,8,15H,6-7,13H2,1-2H3,(H,14,16). The predicted molar refractivity (Wildman–Crippen MR) is 72.0 cm³/mol. The Labute approximate surface area is 106 Å². The normalized spacial score (nSPS) is 10.5. The number of aromatic hydroxyl groups is 1. The molecule has 0 heterocycles. The first-order chi connectivity index (χ1) is 7.99. The summed E-state index contributed by atoms with van der Waals surface area (Å²) in [6, 6.07) is 5.10. The molecule has 0 aliphatic heterocycles. The molecule has 1 aromatic carbocycles. The Morgan fingerprint density at radius 3 is 2.88 bits per heavy atom. The molecule has 1 aromatic rings. The highest BCUT2D eigenvalue weighted by atomic mass is 32.2. The van der Waals surface area contributed by atoms with E-state index in [4.69, 9.17) is 5.73 Å². The van der Waals surface area contributed by atoms with Crippen LogP contribution in [0.25, 0.3) is 0 Å². The van der Waals surface area contributed by atoms with E-state index in [-0.39, 0.29) is 17.7 Å². The van der Waals surface area contributed by atoms with Crippen LogP contribution in [0.3, 0.4) is 0 Å². The third-order valence-electron chi connectivity index (χ3n) is 2.04. The van der Waals surface area contributed by atoms with Crippen LogP contribution in [-0.4, -0.2) is 22.8 Å². The second-order valence-electron chi connectivity index (χ2n) is 4.10. The Balaban J connectivity index is 2.40. The number of phenolic OH excluding ortho intramolecular Hbond substituents is 1. The molecule has 1 rings (SSSR count). The van der Waals surface area contributed by atoms with Gasteiger partial charge in [0, 0.05) is 23.0 Å². The van der Waals surface area contributed by atoms with Gasteiger partial charge in [0.25, 0.3) is 0 Å². The monoisotopic (exact) mass is 254 g/mol. The molecule has 0 aliphatic rings. The molecule has 0 fully saturated rings. The van der Waals surface area contributed by atoms with E-state index in [0.29, 0.717) is 17.2 Å². The first kappa shape index (κ1) is 13.7. The van der Waals surface area contributed by atoms with E-state index < -0.39 is 0 Å². The Morgan fingerprint density at radius 1 is 1.53 bits per heavy atom. The molecule has 0 radical (unpaired) electrons. The summed E-state index contributed by atoms with van der Waals surface area (Å²) in [4.78, 5) is 11.4. The second-order valence-corrected chi connectivity index (χ2v) is 5.09. The minimum Gasteiger partial charge on any atom is -0.508 e. The number of hydrogen-bond acceptors (Lipinski definition) is 4. The van der Waals surface area contributed by atoms with Crippen molar-refractivity contribution >= 4 is 23.4 Å². The van der Waals surface area contributed by atoms with E-state index in [1.807, 2.05) is 13.8 Å². The topological polar surface area (TPSA) is 75.4 Å². The molecule has 0 saturated heterocycles. The summed E-state index contributed by atoms with van der Waals surface area (Å²) in [5.41, 5.74) is 7.00. The minimum absolute atomic E-state index is 0.00777. The van der Waals surface area contributed by atoms with E-state index in [1.165, 1.54) is 11.8 Å². The average molecular weight is 254 g/mol. The fourth-order valence-corrected chi connectivity index (χ4v) is 2.16. The van der Waals surface area contributed by atoms with Gasteiger partial charge >= 0.3 is 0 Å². The number of anilines is 1. The molecule has 0 atom stereocenters. The first-order valence-corrected chi connectivity index (χ1v) is 6.59. The Morgan fingerprint density at radius 2 is 2.24 bits per heavy atom. The third-order valence-corrected chi connectivity index (χ3v) is 3.03. The van der Waals surface area contributed by atoms with Crippen LogP contribution in [0.5, 0.6) is 5.75 Å². The van der Waals surface area contributed by atoms with Gasteiger partial charge in [-0.05, 0) is 32.0 Å². The van der Waals surface area contributed by atoms with Crippen molar-refractivity contribution in [3.05, 3.63) is 23.8 Å². The second kappa shape index (κ2) is 6.39. The van der Waals surface area contributed by atoms with Crippen LogP contribution in [-0.2, 0) is 10.5 Å². The van der Waals surface area contributed by atoms with Crippen LogP contribution >= 0.6 is 11.8 Å². The van der Waals surface area contributed by atoms with Gasteiger partial charge in [-0.1, -0.05) is 0 Å². The number of carbonyl (C=O) groups excluding carboxylic acids is 1. The number of nitrogens with two attached hydrogens (primary N) is 1. The number of nitrogens with one attached hydrogen (secondary N) is 1. The number of thioether (sulfide) groups is 1. The van der Waals surface area contributed by atoms with Crippen molar-refractivity contribution in [1.82, 2.24) is 5.32 Å².